The third-order valence-corrected chi connectivity index (χ3v) is 4.93. The average molecular weight is 434 g/mol. The van der Waals surface area contributed by atoms with Crippen LogP contribution < -0.4 is 4.90 Å². The monoisotopic (exact) mass is 434 g/mol. The number of carboxylic acid groups (broad SMARTS) is 2. The minimum atomic E-state index is -4.26. The van der Waals surface area contributed by atoms with Gasteiger partial charge in [0, 0.05) is 38.4 Å². The van der Waals surface area contributed by atoms with Crippen LogP contribution in [0.1, 0.15) is 18.4 Å². The molecule has 2 atom stereocenters. The molecule has 2 aliphatic rings. The number of halogens is 3. The van der Waals surface area contributed by atoms with E-state index in [9.17, 15) is 22.8 Å². The lowest BCUT2D eigenvalue weighted by atomic mass is 10.1. The van der Waals surface area contributed by atoms with E-state index in [4.69, 9.17) is 20.4 Å². The van der Waals surface area contributed by atoms with Gasteiger partial charge in [0.1, 0.15) is 0 Å². The van der Waals surface area contributed by atoms with Crippen molar-refractivity contribution in [2.75, 3.05) is 37.6 Å². The van der Waals surface area contributed by atoms with E-state index in [0.717, 1.165) is 44.7 Å². The highest BCUT2D eigenvalue weighted by Gasteiger charge is 2.32. The summed E-state index contributed by atoms with van der Waals surface area (Å²) in [6, 6.07) is 5.66. The van der Waals surface area contributed by atoms with E-state index in [0.29, 0.717) is 5.69 Å². The molecule has 2 fully saturated rings. The summed E-state index contributed by atoms with van der Waals surface area (Å²) >= 11 is 0. The Morgan fingerprint density at radius 1 is 1.00 bits per heavy atom. The van der Waals surface area contributed by atoms with Gasteiger partial charge in [-0.2, -0.15) is 13.2 Å². The fraction of sp³-hybridized carbons (Fsp3) is 0.579. The molecule has 30 heavy (non-hydrogen) atoms. The number of aliphatic carboxylic acids is 2. The Bertz CT molecular complexity index is 715. The van der Waals surface area contributed by atoms with Gasteiger partial charge in [0.2, 0.25) is 0 Å². The summed E-state index contributed by atoms with van der Waals surface area (Å²) in [5.74, 6) is -2.67. The molecule has 0 amide bonds. The molecule has 4 N–H and O–H groups in total. The van der Waals surface area contributed by atoms with Crippen molar-refractivity contribution < 1.29 is 43.2 Å². The molecule has 0 spiro atoms. The van der Waals surface area contributed by atoms with Crippen molar-refractivity contribution in [2.24, 2.45) is 5.92 Å². The quantitative estimate of drug-likeness (QED) is 0.526. The van der Waals surface area contributed by atoms with Gasteiger partial charge in [0.05, 0.1) is 5.56 Å². The van der Waals surface area contributed by atoms with E-state index in [1.807, 2.05) is 0 Å². The number of hydrogen-bond acceptors (Lipinski definition) is 6. The predicted octanol–water partition coefficient (Wildman–Crippen LogP) is 1.11. The number of hydrogen-bond donors (Lipinski definition) is 4. The van der Waals surface area contributed by atoms with Crippen LogP contribution in [0.3, 0.4) is 0 Å². The van der Waals surface area contributed by atoms with Crippen LogP contribution in [0, 0.1) is 5.92 Å². The SMILES string of the molecule is FC(F)(F)c1cccc(N2CCN(CC3CC3)CC2)c1.O=C(O)C(O)C(O)C(=O)O. The number of alkyl halides is 3. The maximum Gasteiger partial charge on any atom is 0.416 e. The number of aliphatic hydroxyl groups is 2. The number of anilines is 1. The van der Waals surface area contributed by atoms with Crippen LogP contribution in [0.5, 0.6) is 0 Å². The molecule has 1 aliphatic heterocycles. The fourth-order valence-corrected chi connectivity index (χ4v) is 3.00. The van der Waals surface area contributed by atoms with Crippen LogP contribution in [0.25, 0.3) is 0 Å². The van der Waals surface area contributed by atoms with E-state index < -0.39 is 35.9 Å². The molecule has 1 saturated carbocycles. The molecule has 3 rings (SSSR count). The minimum absolute atomic E-state index is 0.560. The first-order valence-electron chi connectivity index (χ1n) is 9.45. The largest absolute Gasteiger partial charge is 0.479 e. The molecule has 11 heteroatoms. The lowest BCUT2D eigenvalue weighted by Crippen LogP contribution is -2.47. The summed E-state index contributed by atoms with van der Waals surface area (Å²) in [5.41, 5.74) is 0.126. The van der Waals surface area contributed by atoms with Crippen LogP contribution in [0.15, 0.2) is 24.3 Å². The van der Waals surface area contributed by atoms with Crippen molar-refractivity contribution in [3.8, 4) is 0 Å². The summed E-state index contributed by atoms with van der Waals surface area (Å²) in [6.07, 6.45) is -6.11. The van der Waals surface area contributed by atoms with Gasteiger partial charge >= 0.3 is 18.1 Å². The molecule has 0 bridgehead atoms. The zero-order valence-corrected chi connectivity index (χ0v) is 16.1. The fourth-order valence-electron chi connectivity index (χ4n) is 3.00. The topological polar surface area (TPSA) is 122 Å². The molecule has 1 aliphatic carbocycles. The lowest BCUT2D eigenvalue weighted by Gasteiger charge is -2.36. The highest BCUT2D eigenvalue weighted by Crippen LogP contribution is 2.32. The van der Waals surface area contributed by atoms with Gasteiger partial charge in [-0.3, -0.25) is 4.90 Å². The predicted molar refractivity (Wildman–Crippen MR) is 100 cm³/mol. The van der Waals surface area contributed by atoms with Crippen LogP contribution >= 0.6 is 0 Å². The standard InChI is InChI=1S/C15H19F3N2.C4H6O6/c16-15(17,18)13-2-1-3-14(10-13)20-8-6-19(7-9-20)11-12-4-5-12;5-1(3(7)8)2(6)4(9)10/h1-3,10,12H,4-9,11H2;1-2,5-6H,(H,7,8)(H,9,10). The molecular formula is C19H25F3N2O6. The molecule has 1 aromatic rings. The number of carbonyl (C=O) groups is 2. The molecule has 0 radical (unpaired) electrons. The Morgan fingerprint density at radius 2 is 1.53 bits per heavy atom. The first-order valence-corrected chi connectivity index (χ1v) is 9.45. The molecule has 2 unspecified atom stereocenters. The molecule has 8 nitrogen and oxygen atoms in total. The summed E-state index contributed by atoms with van der Waals surface area (Å²) in [4.78, 5) is 24.0. The lowest BCUT2D eigenvalue weighted by molar-refractivity contribution is -0.165. The van der Waals surface area contributed by atoms with Crippen molar-refractivity contribution in [3.63, 3.8) is 0 Å². The summed E-state index contributed by atoms with van der Waals surface area (Å²) in [6.45, 7) is 4.69. The molecule has 1 aromatic carbocycles. The van der Waals surface area contributed by atoms with E-state index in [-0.39, 0.29) is 0 Å². The Morgan fingerprint density at radius 3 is 1.97 bits per heavy atom. The average Bonchev–Trinajstić information content (AvgIpc) is 3.51. The minimum Gasteiger partial charge on any atom is -0.479 e. The van der Waals surface area contributed by atoms with Crippen molar-refractivity contribution in [1.29, 1.82) is 0 Å². The summed E-state index contributed by atoms with van der Waals surface area (Å²) < 4.78 is 38.2. The van der Waals surface area contributed by atoms with Crippen molar-refractivity contribution >= 4 is 17.6 Å². The van der Waals surface area contributed by atoms with Gasteiger partial charge in [0.15, 0.2) is 12.2 Å². The van der Waals surface area contributed by atoms with E-state index in [1.165, 1.54) is 25.0 Å². The van der Waals surface area contributed by atoms with Crippen molar-refractivity contribution in [1.82, 2.24) is 4.90 Å². The number of benzene rings is 1. The maximum atomic E-state index is 12.7. The normalized spacial score (nSPS) is 19.4. The number of carboxylic acids is 2. The Labute approximate surface area is 171 Å². The number of nitrogens with zero attached hydrogens (tertiary/aromatic N) is 2. The zero-order chi connectivity index (χ0) is 22.5. The second-order valence-corrected chi connectivity index (χ2v) is 7.35. The molecule has 0 aromatic heterocycles. The van der Waals surface area contributed by atoms with Crippen molar-refractivity contribution in [2.45, 2.75) is 31.2 Å². The van der Waals surface area contributed by atoms with Crippen molar-refractivity contribution in [3.05, 3.63) is 29.8 Å². The van der Waals surface area contributed by atoms with Gasteiger partial charge in [0.25, 0.3) is 0 Å². The summed E-state index contributed by atoms with van der Waals surface area (Å²) in [7, 11) is 0. The molecule has 1 saturated heterocycles. The van der Waals surface area contributed by atoms with E-state index >= 15 is 0 Å². The van der Waals surface area contributed by atoms with Gasteiger partial charge in [-0.1, -0.05) is 6.07 Å². The maximum absolute atomic E-state index is 12.7. The molecular weight excluding hydrogens is 409 g/mol. The zero-order valence-electron chi connectivity index (χ0n) is 16.1. The van der Waals surface area contributed by atoms with Gasteiger partial charge in [-0.25, -0.2) is 9.59 Å². The van der Waals surface area contributed by atoms with E-state index in [1.54, 1.807) is 6.07 Å². The Hall–Kier alpha value is -2.37. The van der Waals surface area contributed by atoms with Gasteiger partial charge < -0.3 is 25.3 Å². The van der Waals surface area contributed by atoms with Gasteiger partial charge in [-0.15, -0.1) is 0 Å². The number of aliphatic hydroxyl groups excluding tert-OH is 2. The van der Waals surface area contributed by atoms with Gasteiger partial charge in [-0.05, 0) is 37.0 Å². The molecule has 1 heterocycles. The Balaban J connectivity index is 0.000000274. The van der Waals surface area contributed by atoms with Crippen LogP contribution in [0.4, 0.5) is 18.9 Å². The third-order valence-electron chi connectivity index (χ3n) is 4.93. The number of rotatable bonds is 6. The first-order chi connectivity index (χ1) is 14.0. The summed E-state index contributed by atoms with van der Waals surface area (Å²) in [5, 5.41) is 32.5. The van der Waals surface area contributed by atoms with Crippen LogP contribution in [-0.2, 0) is 15.8 Å². The highest BCUT2D eigenvalue weighted by atomic mass is 19.4. The second-order valence-electron chi connectivity index (χ2n) is 7.35. The van der Waals surface area contributed by atoms with E-state index in [2.05, 4.69) is 9.80 Å². The smallest absolute Gasteiger partial charge is 0.416 e. The van der Waals surface area contributed by atoms with Crippen LogP contribution in [0.2, 0.25) is 0 Å². The highest BCUT2D eigenvalue weighted by molar-refractivity contribution is 5.83. The Kier molecular flexibility index (Phi) is 8.04. The molecule has 168 valence electrons. The van der Waals surface area contributed by atoms with Crippen LogP contribution in [-0.4, -0.2) is 82.2 Å². The third kappa shape index (κ3) is 7.15. The second kappa shape index (κ2) is 10.1. The first kappa shape index (κ1) is 23.9. The number of piperazine rings is 1.